The van der Waals surface area contributed by atoms with E-state index in [1.165, 1.54) is 7.05 Å². The van der Waals surface area contributed by atoms with E-state index in [-0.39, 0.29) is 18.2 Å². The fourth-order valence-electron chi connectivity index (χ4n) is 1.66. The number of anilines is 1. The average molecular weight is 273 g/mol. The van der Waals surface area contributed by atoms with Crippen molar-refractivity contribution in [2.24, 2.45) is 0 Å². The number of carbonyl (C=O) groups is 2. The van der Waals surface area contributed by atoms with Crippen LogP contribution in [0.5, 0.6) is 0 Å². The van der Waals surface area contributed by atoms with E-state index in [4.69, 9.17) is 23.2 Å². The van der Waals surface area contributed by atoms with Gasteiger partial charge in [-0.05, 0) is 18.2 Å². The highest BCUT2D eigenvalue weighted by Gasteiger charge is 2.36. The lowest BCUT2D eigenvalue weighted by molar-refractivity contribution is -0.136. The largest absolute Gasteiger partial charge is 0.372 e. The van der Waals surface area contributed by atoms with Crippen molar-refractivity contribution >= 4 is 40.7 Å². The van der Waals surface area contributed by atoms with Crippen molar-refractivity contribution in [1.29, 1.82) is 0 Å². The minimum absolute atomic E-state index is 0.147. The number of nitrogens with zero attached hydrogens (tertiary/aromatic N) is 1. The Morgan fingerprint density at radius 1 is 1.35 bits per heavy atom. The van der Waals surface area contributed by atoms with E-state index < -0.39 is 6.04 Å². The Kier molecular flexibility index (Phi) is 3.26. The first-order chi connectivity index (χ1) is 7.99. The molecule has 4 nitrogen and oxygen atoms in total. The number of rotatable bonds is 2. The van der Waals surface area contributed by atoms with E-state index in [2.05, 4.69) is 5.32 Å². The summed E-state index contributed by atoms with van der Waals surface area (Å²) in [7, 11) is 1.47. The lowest BCUT2D eigenvalue weighted by Crippen LogP contribution is -2.31. The first-order valence-electron chi connectivity index (χ1n) is 5.01. The van der Waals surface area contributed by atoms with Gasteiger partial charge in [0.2, 0.25) is 5.91 Å². The molecule has 0 spiro atoms. The molecule has 1 unspecified atom stereocenters. The predicted molar refractivity (Wildman–Crippen MR) is 66.3 cm³/mol. The SMILES string of the molecule is CN1C(=O)CC(Nc2ccc(Cl)cc2Cl)C1=O. The molecule has 1 fully saturated rings. The van der Waals surface area contributed by atoms with Crippen LogP contribution in [0.4, 0.5) is 5.69 Å². The van der Waals surface area contributed by atoms with Gasteiger partial charge < -0.3 is 5.32 Å². The lowest BCUT2D eigenvalue weighted by Gasteiger charge is -2.13. The fraction of sp³-hybridized carbons (Fsp3) is 0.273. The molecule has 1 aromatic carbocycles. The van der Waals surface area contributed by atoms with Gasteiger partial charge in [-0.1, -0.05) is 23.2 Å². The summed E-state index contributed by atoms with van der Waals surface area (Å²) in [5, 5.41) is 3.89. The predicted octanol–water partition coefficient (Wildman–Crippen LogP) is 2.16. The van der Waals surface area contributed by atoms with Crippen LogP contribution in [0.15, 0.2) is 18.2 Å². The van der Waals surface area contributed by atoms with Gasteiger partial charge in [-0.3, -0.25) is 14.5 Å². The molecule has 90 valence electrons. The maximum absolute atomic E-state index is 11.7. The Hall–Kier alpha value is -1.26. The summed E-state index contributed by atoms with van der Waals surface area (Å²) in [5.74, 6) is -0.446. The molecule has 1 atom stereocenters. The highest BCUT2D eigenvalue weighted by molar-refractivity contribution is 6.36. The zero-order chi connectivity index (χ0) is 12.6. The van der Waals surface area contributed by atoms with E-state index in [1.807, 2.05) is 0 Å². The number of halogens is 2. The summed E-state index contributed by atoms with van der Waals surface area (Å²) >= 11 is 11.7. The Bertz CT molecular complexity index is 490. The van der Waals surface area contributed by atoms with Gasteiger partial charge >= 0.3 is 0 Å². The maximum atomic E-state index is 11.7. The molecule has 0 aliphatic carbocycles. The molecule has 2 amide bonds. The van der Waals surface area contributed by atoms with Gasteiger partial charge in [0.15, 0.2) is 0 Å². The second-order valence-corrected chi connectivity index (χ2v) is 4.66. The number of likely N-dealkylation sites (N-methyl/N-ethyl adjacent to an activating group) is 1. The van der Waals surface area contributed by atoms with Crippen LogP contribution < -0.4 is 5.32 Å². The van der Waals surface area contributed by atoms with Crippen LogP contribution in [0.3, 0.4) is 0 Å². The highest BCUT2D eigenvalue weighted by atomic mass is 35.5. The van der Waals surface area contributed by atoms with E-state index >= 15 is 0 Å². The smallest absolute Gasteiger partial charge is 0.251 e. The van der Waals surface area contributed by atoms with Crippen LogP contribution in [0.2, 0.25) is 10.0 Å². The molecule has 1 aliphatic rings. The van der Waals surface area contributed by atoms with Crippen molar-refractivity contribution in [2.45, 2.75) is 12.5 Å². The molecule has 6 heteroatoms. The number of nitrogens with one attached hydrogen (secondary N) is 1. The van der Waals surface area contributed by atoms with Crippen LogP contribution in [0.25, 0.3) is 0 Å². The molecule has 0 aromatic heterocycles. The summed E-state index contributed by atoms with van der Waals surface area (Å²) in [6.45, 7) is 0. The van der Waals surface area contributed by atoms with Crippen molar-refractivity contribution in [3.63, 3.8) is 0 Å². The van der Waals surface area contributed by atoms with Crippen LogP contribution >= 0.6 is 23.2 Å². The molecule has 0 bridgehead atoms. The third kappa shape index (κ3) is 2.37. The van der Waals surface area contributed by atoms with Gasteiger partial charge in [0.1, 0.15) is 6.04 Å². The molecule has 2 rings (SSSR count). The minimum Gasteiger partial charge on any atom is -0.372 e. The summed E-state index contributed by atoms with van der Waals surface area (Å²) in [4.78, 5) is 24.1. The fourth-order valence-corrected chi connectivity index (χ4v) is 2.13. The van der Waals surface area contributed by atoms with Gasteiger partial charge in [0.25, 0.3) is 5.91 Å². The van der Waals surface area contributed by atoms with Gasteiger partial charge in [0, 0.05) is 12.1 Å². The molecule has 1 saturated heterocycles. The van der Waals surface area contributed by atoms with E-state index in [1.54, 1.807) is 18.2 Å². The Morgan fingerprint density at radius 2 is 2.06 bits per heavy atom. The topological polar surface area (TPSA) is 49.4 Å². The first-order valence-corrected chi connectivity index (χ1v) is 5.76. The standard InChI is InChI=1S/C11H10Cl2N2O2/c1-15-10(16)5-9(11(15)17)14-8-3-2-6(12)4-7(8)13/h2-4,9,14H,5H2,1H3. The molecule has 0 radical (unpaired) electrons. The van der Waals surface area contributed by atoms with Gasteiger partial charge in [0.05, 0.1) is 17.1 Å². The molecule has 1 heterocycles. The monoisotopic (exact) mass is 272 g/mol. The van der Waals surface area contributed by atoms with Gasteiger partial charge in [-0.2, -0.15) is 0 Å². The lowest BCUT2D eigenvalue weighted by atomic mass is 10.2. The van der Waals surface area contributed by atoms with Gasteiger partial charge in [-0.25, -0.2) is 0 Å². The van der Waals surface area contributed by atoms with Crippen molar-refractivity contribution in [3.05, 3.63) is 28.2 Å². The number of hydrogen-bond acceptors (Lipinski definition) is 3. The Labute approximate surface area is 108 Å². The summed E-state index contributed by atoms with van der Waals surface area (Å²) in [5.41, 5.74) is 0.595. The number of carbonyl (C=O) groups excluding carboxylic acids is 2. The Morgan fingerprint density at radius 3 is 2.59 bits per heavy atom. The van der Waals surface area contributed by atoms with Crippen molar-refractivity contribution in [2.75, 3.05) is 12.4 Å². The van der Waals surface area contributed by atoms with Gasteiger partial charge in [-0.15, -0.1) is 0 Å². The zero-order valence-corrected chi connectivity index (χ0v) is 10.5. The number of imide groups is 1. The normalized spacial score (nSPS) is 19.9. The second kappa shape index (κ2) is 4.55. The molecule has 0 saturated carbocycles. The summed E-state index contributed by atoms with van der Waals surface area (Å²) < 4.78 is 0. The maximum Gasteiger partial charge on any atom is 0.251 e. The average Bonchev–Trinajstić information content (AvgIpc) is 2.50. The number of likely N-dealkylation sites (tertiary alicyclic amines) is 1. The minimum atomic E-state index is -0.550. The number of hydrogen-bond donors (Lipinski definition) is 1. The van der Waals surface area contributed by atoms with Crippen molar-refractivity contribution in [3.8, 4) is 0 Å². The van der Waals surface area contributed by atoms with Crippen LogP contribution in [-0.2, 0) is 9.59 Å². The van der Waals surface area contributed by atoms with Crippen LogP contribution in [0.1, 0.15) is 6.42 Å². The summed E-state index contributed by atoms with van der Waals surface area (Å²) in [6.07, 6.45) is 0.147. The van der Waals surface area contributed by atoms with Crippen LogP contribution in [0, 0.1) is 0 Å². The first kappa shape index (κ1) is 12.2. The third-order valence-electron chi connectivity index (χ3n) is 2.64. The van der Waals surface area contributed by atoms with E-state index in [9.17, 15) is 9.59 Å². The molecule has 1 aliphatic heterocycles. The molecule has 17 heavy (non-hydrogen) atoms. The Balaban J connectivity index is 2.17. The number of amides is 2. The van der Waals surface area contributed by atoms with Crippen molar-refractivity contribution in [1.82, 2.24) is 4.90 Å². The van der Waals surface area contributed by atoms with E-state index in [0.29, 0.717) is 15.7 Å². The second-order valence-electron chi connectivity index (χ2n) is 3.82. The quantitative estimate of drug-likeness (QED) is 0.840. The molecule has 1 N–H and O–H groups in total. The highest BCUT2D eigenvalue weighted by Crippen LogP contribution is 2.27. The molecule has 1 aromatic rings. The van der Waals surface area contributed by atoms with E-state index in [0.717, 1.165) is 4.90 Å². The van der Waals surface area contributed by atoms with Crippen molar-refractivity contribution < 1.29 is 9.59 Å². The molecular formula is C11H10Cl2N2O2. The third-order valence-corrected chi connectivity index (χ3v) is 3.19. The zero-order valence-electron chi connectivity index (χ0n) is 9.04. The van der Waals surface area contributed by atoms with Crippen LogP contribution in [-0.4, -0.2) is 29.8 Å². The molecular weight excluding hydrogens is 263 g/mol. The number of benzene rings is 1. The summed E-state index contributed by atoms with van der Waals surface area (Å²) in [6, 6.07) is 4.38.